The number of halogens is 1. The lowest BCUT2D eigenvalue weighted by atomic mass is 9.64. The minimum Gasteiger partial charge on any atom is -0.369 e. The molecule has 0 bridgehead atoms. The summed E-state index contributed by atoms with van der Waals surface area (Å²) in [6, 6.07) is 15.2. The van der Waals surface area contributed by atoms with Crippen molar-refractivity contribution in [3.63, 3.8) is 0 Å². The zero-order valence-electron chi connectivity index (χ0n) is 20.9. The maximum Gasteiger partial charge on any atom is 0.321 e. The third-order valence-electron chi connectivity index (χ3n) is 7.82. The van der Waals surface area contributed by atoms with Gasteiger partial charge >= 0.3 is 6.03 Å². The topological polar surface area (TPSA) is 91.0 Å². The molecule has 1 aliphatic carbocycles. The van der Waals surface area contributed by atoms with E-state index in [1.54, 1.807) is 9.80 Å². The molecule has 2 heterocycles. The first kappa shape index (κ1) is 24.7. The molecule has 7 nitrogen and oxygen atoms in total. The predicted octanol–water partition coefficient (Wildman–Crippen LogP) is 4.64. The lowest BCUT2D eigenvalue weighted by molar-refractivity contribution is -0.135. The van der Waals surface area contributed by atoms with Gasteiger partial charge in [-0.1, -0.05) is 61.6 Å². The number of nitrogens with one attached hydrogen (secondary N) is 1. The van der Waals surface area contributed by atoms with E-state index in [1.165, 1.54) is 24.3 Å². The number of benzene rings is 2. The molecule has 0 spiro atoms. The fourth-order valence-electron chi connectivity index (χ4n) is 5.63. The van der Waals surface area contributed by atoms with E-state index in [0.717, 1.165) is 18.4 Å². The van der Waals surface area contributed by atoms with Crippen molar-refractivity contribution in [1.29, 1.82) is 0 Å². The van der Waals surface area contributed by atoms with E-state index in [0.29, 0.717) is 31.7 Å². The van der Waals surface area contributed by atoms with Crippen molar-refractivity contribution in [2.45, 2.75) is 31.7 Å². The Labute approximate surface area is 216 Å². The number of nitrogens with zero attached hydrogens (tertiary/aromatic N) is 3. The molecule has 5 rings (SSSR count). The van der Waals surface area contributed by atoms with E-state index in [9.17, 15) is 14.0 Å². The molecule has 2 aromatic rings. The maximum atomic E-state index is 14.2. The Kier molecular flexibility index (Phi) is 6.58. The smallest absolute Gasteiger partial charge is 0.321 e. The Morgan fingerprint density at radius 2 is 1.81 bits per heavy atom. The van der Waals surface area contributed by atoms with Crippen LogP contribution in [0, 0.1) is 17.2 Å². The molecule has 0 radical (unpaired) electrons. The van der Waals surface area contributed by atoms with Crippen LogP contribution >= 0.6 is 0 Å². The van der Waals surface area contributed by atoms with Gasteiger partial charge < -0.3 is 16.0 Å². The number of hydrogen-bond acceptors (Lipinski definition) is 4. The van der Waals surface area contributed by atoms with Gasteiger partial charge in [-0.2, -0.15) is 0 Å². The van der Waals surface area contributed by atoms with Gasteiger partial charge in [-0.15, -0.1) is 0 Å². The highest BCUT2D eigenvalue weighted by Crippen LogP contribution is 2.51. The number of urea groups is 1. The number of aliphatic imine (C=N–C) groups is 1. The Morgan fingerprint density at radius 3 is 2.46 bits per heavy atom. The number of amides is 3. The van der Waals surface area contributed by atoms with Crippen molar-refractivity contribution in [3.05, 3.63) is 90.3 Å². The molecule has 0 saturated carbocycles. The molecular weight excluding hydrogens is 469 g/mol. The van der Waals surface area contributed by atoms with Gasteiger partial charge in [0.2, 0.25) is 0 Å². The minimum absolute atomic E-state index is 0.102. The Morgan fingerprint density at radius 1 is 1.11 bits per heavy atom. The second kappa shape index (κ2) is 9.84. The summed E-state index contributed by atoms with van der Waals surface area (Å²) in [6.07, 6.45) is 10.3. The molecule has 8 heteroatoms. The van der Waals surface area contributed by atoms with Crippen LogP contribution in [-0.4, -0.2) is 47.3 Å². The van der Waals surface area contributed by atoms with Crippen molar-refractivity contribution in [3.8, 4) is 0 Å². The summed E-state index contributed by atoms with van der Waals surface area (Å²) in [5.41, 5.74) is 6.15. The van der Waals surface area contributed by atoms with E-state index in [4.69, 9.17) is 10.7 Å². The lowest BCUT2D eigenvalue weighted by Gasteiger charge is -2.42. The summed E-state index contributed by atoms with van der Waals surface area (Å²) in [4.78, 5) is 35.1. The molecule has 2 aromatic carbocycles. The summed E-state index contributed by atoms with van der Waals surface area (Å²) in [6.45, 7) is 3.65. The second-order valence-corrected chi connectivity index (χ2v) is 10.2. The van der Waals surface area contributed by atoms with Gasteiger partial charge in [0.25, 0.3) is 5.91 Å². The standard InChI is InChI=1S/C29H32FN5O2/c1-28(16-6-3-7-17-28)29(22-8-4-2-5-9-22)25(36)35(26(31)33-29)20-21-14-18-34(19-15-21)27(37)32-24-12-10-23(30)11-13-24/h2-13,16,21H,14-15,17-20H2,1H3,(H2,31,33)(H,32,37). The van der Waals surface area contributed by atoms with Crippen LogP contribution in [-0.2, 0) is 10.3 Å². The molecule has 3 amide bonds. The summed E-state index contributed by atoms with van der Waals surface area (Å²) in [5, 5.41) is 2.82. The fraction of sp³-hybridized carbons (Fsp3) is 0.345. The Bertz CT molecular complexity index is 1250. The molecule has 0 aromatic heterocycles. The van der Waals surface area contributed by atoms with E-state index in [1.807, 2.05) is 42.5 Å². The quantitative estimate of drug-likeness (QED) is 0.625. The van der Waals surface area contributed by atoms with Crippen LogP contribution in [0.3, 0.4) is 0 Å². The van der Waals surface area contributed by atoms with Gasteiger partial charge in [0.15, 0.2) is 11.5 Å². The average Bonchev–Trinajstić information content (AvgIpc) is 3.17. The van der Waals surface area contributed by atoms with E-state index in [2.05, 4.69) is 24.4 Å². The van der Waals surface area contributed by atoms with Crippen LogP contribution in [0.2, 0.25) is 0 Å². The van der Waals surface area contributed by atoms with Gasteiger partial charge in [-0.05, 0) is 55.0 Å². The zero-order chi connectivity index (χ0) is 26.0. The number of hydrogen-bond donors (Lipinski definition) is 2. The SMILES string of the molecule is CC1(C2(c3ccccc3)N=C(N)N(CC3CCN(C(=O)Nc4ccc(F)cc4)CC3)C2=O)C=CC=CC1. The number of nitrogens with two attached hydrogens (primary N) is 1. The third-order valence-corrected chi connectivity index (χ3v) is 7.82. The largest absolute Gasteiger partial charge is 0.369 e. The van der Waals surface area contributed by atoms with Gasteiger partial charge in [-0.25, -0.2) is 14.2 Å². The highest BCUT2D eigenvalue weighted by molar-refractivity contribution is 6.08. The zero-order valence-corrected chi connectivity index (χ0v) is 20.9. The Hall–Kier alpha value is -3.94. The summed E-state index contributed by atoms with van der Waals surface area (Å²) >= 11 is 0. The number of allylic oxidation sites excluding steroid dienone is 3. The number of guanidine groups is 1. The molecular formula is C29H32FN5O2. The van der Waals surface area contributed by atoms with Crippen LogP contribution in [0.4, 0.5) is 14.9 Å². The van der Waals surface area contributed by atoms with Crippen LogP contribution in [0.5, 0.6) is 0 Å². The predicted molar refractivity (Wildman–Crippen MR) is 142 cm³/mol. The van der Waals surface area contributed by atoms with Crippen LogP contribution in [0.25, 0.3) is 0 Å². The van der Waals surface area contributed by atoms with E-state index < -0.39 is 11.0 Å². The van der Waals surface area contributed by atoms with E-state index >= 15 is 0 Å². The Balaban J connectivity index is 1.28. The highest BCUT2D eigenvalue weighted by Gasteiger charge is 2.59. The first-order valence-electron chi connectivity index (χ1n) is 12.7. The highest BCUT2D eigenvalue weighted by atomic mass is 19.1. The van der Waals surface area contributed by atoms with Crippen molar-refractivity contribution in [2.24, 2.45) is 22.1 Å². The van der Waals surface area contributed by atoms with Crippen molar-refractivity contribution < 1.29 is 14.0 Å². The summed E-state index contributed by atoms with van der Waals surface area (Å²) in [5.74, 6) is -0.0160. The number of likely N-dealkylation sites (tertiary alicyclic amines) is 1. The number of carbonyl (C=O) groups excluding carboxylic acids is 2. The molecule has 2 aliphatic heterocycles. The normalized spacial score (nSPS) is 25.9. The minimum atomic E-state index is -1.13. The summed E-state index contributed by atoms with van der Waals surface area (Å²) in [7, 11) is 0. The third kappa shape index (κ3) is 4.52. The number of carbonyl (C=O) groups is 2. The lowest BCUT2D eigenvalue weighted by Crippen LogP contribution is -2.52. The molecule has 2 atom stereocenters. The summed E-state index contributed by atoms with van der Waals surface area (Å²) < 4.78 is 13.1. The average molecular weight is 502 g/mol. The van der Waals surface area contributed by atoms with E-state index in [-0.39, 0.29) is 29.6 Å². The maximum absolute atomic E-state index is 14.2. The monoisotopic (exact) mass is 501 g/mol. The molecule has 1 fully saturated rings. The molecule has 2 unspecified atom stereocenters. The van der Waals surface area contributed by atoms with Crippen molar-refractivity contribution >= 4 is 23.6 Å². The fourth-order valence-corrected chi connectivity index (χ4v) is 5.63. The van der Waals surface area contributed by atoms with Gasteiger partial charge in [0.05, 0.1) is 0 Å². The first-order valence-corrected chi connectivity index (χ1v) is 12.7. The molecule has 3 aliphatic rings. The number of rotatable bonds is 5. The van der Waals surface area contributed by atoms with Gasteiger partial charge in [0, 0.05) is 30.7 Å². The van der Waals surface area contributed by atoms with Crippen molar-refractivity contribution in [2.75, 3.05) is 25.0 Å². The van der Waals surface area contributed by atoms with Crippen LogP contribution in [0.1, 0.15) is 31.7 Å². The second-order valence-electron chi connectivity index (χ2n) is 10.2. The van der Waals surface area contributed by atoms with Crippen LogP contribution < -0.4 is 11.1 Å². The number of piperidine rings is 1. The van der Waals surface area contributed by atoms with Gasteiger partial charge in [0.1, 0.15) is 5.82 Å². The molecule has 3 N–H and O–H groups in total. The first-order chi connectivity index (χ1) is 17.8. The number of anilines is 1. The van der Waals surface area contributed by atoms with Gasteiger partial charge in [-0.3, -0.25) is 9.69 Å². The molecule has 1 saturated heterocycles. The van der Waals surface area contributed by atoms with Crippen LogP contribution in [0.15, 0.2) is 83.9 Å². The molecule has 192 valence electrons. The van der Waals surface area contributed by atoms with Crippen molar-refractivity contribution in [1.82, 2.24) is 9.80 Å². The molecule has 37 heavy (non-hydrogen) atoms.